The van der Waals surface area contributed by atoms with Crippen LogP contribution in [0.5, 0.6) is 0 Å². The minimum absolute atomic E-state index is 0.00952. The Morgan fingerprint density at radius 3 is 2.90 bits per heavy atom. The SMILES string of the molecule is CC(Cl)c1nc2cc(F)c(Cl)cc2n1CCNC(N)=O. The van der Waals surface area contributed by atoms with Crippen molar-refractivity contribution in [3.8, 4) is 0 Å². The molecule has 0 fully saturated rings. The summed E-state index contributed by atoms with van der Waals surface area (Å²) in [7, 11) is 0. The van der Waals surface area contributed by atoms with Crippen LogP contribution in [0.3, 0.4) is 0 Å². The first kappa shape index (κ1) is 14.9. The monoisotopic (exact) mass is 318 g/mol. The van der Waals surface area contributed by atoms with Gasteiger partial charge in [0.1, 0.15) is 11.6 Å². The van der Waals surface area contributed by atoms with Gasteiger partial charge in [-0.25, -0.2) is 14.2 Å². The first-order valence-electron chi connectivity index (χ1n) is 5.92. The van der Waals surface area contributed by atoms with Gasteiger partial charge < -0.3 is 15.6 Å². The predicted octanol–water partition coefficient (Wildman–Crippen LogP) is 2.80. The van der Waals surface area contributed by atoms with Gasteiger partial charge in [-0.15, -0.1) is 11.6 Å². The average Bonchev–Trinajstić information content (AvgIpc) is 2.68. The van der Waals surface area contributed by atoms with Crippen molar-refractivity contribution in [1.29, 1.82) is 0 Å². The van der Waals surface area contributed by atoms with E-state index in [-0.39, 0.29) is 10.4 Å². The number of alkyl halides is 1. The number of rotatable bonds is 4. The van der Waals surface area contributed by atoms with E-state index < -0.39 is 11.8 Å². The van der Waals surface area contributed by atoms with E-state index in [2.05, 4.69) is 10.3 Å². The van der Waals surface area contributed by atoms with E-state index in [1.807, 2.05) is 0 Å². The number of aromatic nitrogens is 2. The van der Waals surface area contributed by atoms with Gasteiger partial charge in [0.25, 0.3) is 0 Å². The summed E-state index contributed by atoms with van der Waals surface area (Å²) in [5.41, 5.74) is 6.14. The third-order valence-electron chi connectivity index (χ3n) is 2.81. The smallest absolute Gasteiger partial charge is 0.312 e. The van der Waals surface area contributed by atoms with Crippen LogP contribution in [-0.2, 0) is 6.54 Å². The Hall–Kier alpha value is -1.53. The number of urea groups is 1. The van der Waals surface area contributed by atoms with Crippen molar-refractivity contribution in [3.05, 3.63) is 28.8 Å². The van der Waals surface area contributed by atoms with Crippen LogP contribution >= 0.6 is 23.2 Å². The van der Waals surface area contributed by atoms with Crippen molar-refractivity contribution < 1.29 is 9.18 Å². The van der Waals surface area contributed by atoms with Crippen LogP contribution < -0.4 is 11.1 Å². The van der Waals surface area contributed by atoms with E-state index in [1.165, 1.54) is 12.1 Å². The number of nitrogens with one attached hydrogen (secondary N) is 1. The highest BCUT2D eigenvalue weighted by Gasteiger charge is 2.16. The van der Waals surface area contributed by atoms with Gasteiger partial charge in [-0.1, -0.05) is 11.6 Å². The van der Waals surface area contributed by atoms with Crippen molar-refractivity contribution in [1.82, 2.24) is 14.9 Å². The molecule has 2 amide bonds. The molecule has 5 nitrogen and oxygen atoms in total. The summed E-state index contributed by atoms with van der Waals surface area (Å²) in [5, 5.41) is 2.13. The van der Waals surface area contributed by atoms with Crippen molar-refractivity contribution in [2.45, 2.75) is 18.8 Å². The van der Waals surface area contributed by atoms with Gasteiger partial charge in [0.15, 0.2) is 0 Å². The molecule has 0 aliphatic carbocycles. The second kappa shape index (κ2) is 5.85. The molecule has 2 aromatic rings. The molecule has 0 spiro atoms. The van der Waals surface area contributed by atoms with Crippen LogP contribution in [0, 0.1) is 5.82 Å². The number of carbonyl (C=O) groups is 1. The van der Waals surface area contributed by atoms with Crippen molar-refractivity contribution in [2.24, 2.45) is 5.73 Å². The molecule has 1 heterocycles. The number of primary amides is 1. The van der Waals surface area contributed by atoms with Crippen molar-refractivity contribution in [3.63, 3.8) is 0 Å². The summed E-state index contributed by atoms with van der Waals surface area (Å²) < 4.78 is 15.2. The fraction of sp³-hybridized carbons (Fsp3) is 0.333. The van der Waals surface area contributed by atoms with E-state index in [0.29, 0.717) is 29.9 Å². The van der Waals surface area contributed by atoms with Crippen LogP contribution in [0.4, 0.5) is 9.18 Å². The zero-order valence-corrected chi connectivity index (χ0v) is 12.2. The maximum absolute atomic E-state index is 13.5. The first-order valence-corrected chi connectivity index (χ1v) is 6.74. The first-order chi connectivity index (χ1) is 9.40. The van der Waals surface area contributed by atoms with Crippen LogP contribution in [0.15, 0.2) is 12.1 Å². The molecule has 0 saturated heterocycles. The lowest BCUT2D eigenvalue weighted by Gasteiger charge is -2.10. The molecule has 0 radical (unpaired) electrons. The third kappa shape index (κ3) is 2.96. The summed E-state index contributed by atoms with van der Waals surface area (Å²) in [6.45, 7) is 2.49. The van der Waals surface area contributed by atoms with Gasteiger partial charge in [0, 0.05) is 19.2 Å². The molecule has 8 heteroatoms. The van der Waals surface area contributed by atoms with Crippen LogP contribution in [0.1, 0.15) is 18.1 Å². The minimum atomic E-state index is -0.612. The Morgan fingerprint density at radius 2 is 2.30 bits per heavy atom. The number of hydrogen-bond donors (Lipinski definition) is 2. The molecule has 1 aromatic heterocycles. The van der Waals surface area contributed by atoms with E-state index in [9.17, 15) is 9.18 Å². The largest absolute Gasteiger partial charge is 0.352 e. The maximum Gasteiger partial charge on any atom is 0.312 e. The lowest BCUT2D eigenvalue weighted by molar-refractivity contribution is 0.248. The molecule has 108 valence electrons. The second-order valence-corrected chi connectivity index (χ2v) is 5.35. The van der Waals surface area contributed by atoms with Crippen LogP contribution in [0.25, 0.3) is 11.0 Å². The molecule has 1 unspecified atom stereocenters. The fourth-order valence-electron chi connectivity index (χ4n) is 1.97. The van der Waals surface area contributed by atoms with Gasteiger partial charge in [-0.05, 0) is 13.0 Å². The zero-order valence-electron chi connectivity index (χ0n) is 10.7. The highest BCUT2D eigenvalue weighted by Crippen LogP contribution is 2.28. The molecule has 0 aliphatic heterocycles. The van der Waals surface area contributed by atoms with Gasteiger partial charge in [-0.2, -0.15) is 0 Å². The Bertz CT molecular complexity index is 656. The number of hydrogen-bond acceptors (Lipinski definition) is 2. The normalized spacial score (nSPS) is 12.6. The summed E-state index contributed by atoms with van der Waals surface area (Å²) in [5.74, 6) is 0.0439. The number of nitrogens with zero attached hydrogens (tertiary/aromatic N) is 2. The summed E-state index contributed by atoms with van der Waals surface area (Å²) >= 11 is 11.9. The zero-order chi connectivity index (χ0) is 14.9. The quantitative estimate of drug-likeness (QED) is 0.851. The third-order valence-corrected chi connectivity index (χ3v) is 3.30. The van der Waals surface area contributed by atoms with Gasteiger partial charge in [-0.3, -0.25) is 0 Å². The molecule has 0 aliphatic rings. The molecule has 2 rings (SSSR count). The Kier molecular flexibility index (Phi) is 4.35. The summed E-state index contributed by atoms with van der Waals surface area (Å²) in [6, 6.07) is 2.14. The molecule has 0 bridgehead atoms. The van der Waals surface area contributed by atoms with E-state index in [0.717, 1.165) is 0 Å². The number of nitrogens with two attached hydrogens (primary N) is 1. The lowest BCUT2D eigenvalue weighted by atomic mass is 10.3. The Labute approximate surface area is 124 Å². The fourth-order valence-corrected chi connectivity index (χ4v) is 2.29. The highest BCUT2D eigenvalue weighted by molar-refractivity contribution is 6.31. The molecular formula is C12H13Cl2FN4O. The number of carbonyl (C=O) groups excluding carboxylic acids is 1. The van der Waals surface area contributed by atoms with Gasteiger partial charge in [0.05, 0.1) is 21.4 Å². The molecule has 1 aromatic carbocycles. The van der Waals surface area contributed by atoms with E-state index >= 15 is 0 Å². The van der Waals surface area contributed by atoms with E-state index in [1.54, 1.807) is 11.5 Å². The highest BCUT2D eigenvalue weighted by atomic mass is 35.5. The van der Waals surface area contributed by atoms with Crippen LogP contribution in [0.2, 0.25) is 5.02 Å². The van der Waals surface area contributed by atoms with Gasteiger partial charge in [0.2, 0.25) is 0 Å². The molecule has 1 atom stereocenters. The molecule has 0 saturated carbocycles. The molecule has 20 heavy (non-hydrogen) atoms. The number of fused-ring (bicyclic) bond motifs is 1. The second-order valence-electron chi connectivity index (χ2n) is 4.28. The number of benzene rings is 1. The molecular weight excluding hydrogens is 306 g/mol. The standard InChI is InChI=1S/C12H13Cl2FN4O/c1-6(13)11-18-9-5-8(15)7(14)4-10(9)19(11)3-2-17-12(16)20/h4-6H,2-3H2,1H3,(H3,16,17,20). The van der Waals surface area contributed by atoms with Crippen LogP contribution in [-0.4, -0.2) is 22.1 Å². The van der Waals surface area contributed by atoms with Crippen molar-refractivity contribution in [2.75, 3.05) is 6.54 Å². The summed E-state index contributed by atoms with van der Waals surface area (Å²) in [4.78, 5) is 15.0. The topological polar surface area (TPSA) is 72.9 Å². The lowest BCUT2D eigenvalue weighted by Crippen LogP contribution is -2.32. The van der Waals surface area contributed by atoms with Gasteiger partial charge >= 0.3 is 6.03 Å². The maximum atomic E-state index is 13.5. The van der Waals surface area contributed by atoms with E-state index in [4.69, 9.17) is 28.9 Å². The number of amides is 2. The Morgan fingerprint density at radius 1 is 1.60 bits per heavy atom. The average molecular weight is 319 g/mol. The number of halogens is 3. The van der Waals surface area contributed by atoms with Crippen molar-refractivity contribution >= 4 is 40.3 Å². The molecule has 3 N–H and O–H groups in total. The summed E-state index contributed by atoms with van der Waals surface area (Å²) in [6.07, 6.45) is 0. The number of imidazole rings is 1. The Balaban J connectivity index is 2.45. The predicted molar refractivity (Wildman–Crippen MR) is 76.6 cm³/mol. The minimum Gasteiger partial charge on any atom is -0.352 e.